The number of fused-ring (bicyclic) bond motifs is 1. The zero-order valence-electron chi connectivity index (χ0n) is 15.4. The van der Waals surface area contributed by atoms with Crippen LogP contribution in [0.4, 0.5) is 0 Å². The minimum Gasteiger partial charge on any atom is -0.356 e. The van der Waals surface area contributed by atoms with Crippen molar-refractivity contribution in [1.82, 2.24) is 25.0 Å². The van der Waals surface area contributed by atoms with E-state index < -0.39 is 0 Å². The van der Waals surface area contributed by atoms with Crippen molar-refractivity contribution in [2.24, 2.45) is 0 Å². The molecule has 26 heavy (non-hydrogen) atoms. The Kier molecular flexibility index (Phi) is 5.99. The maximum absolute atomic E-state index is 11.9. The number of rotatable bonds is 9. The maximum atomic E-state index is 11.9. The molecule has 0 aliphatic carbocycles. The van der Waals surface area contributed by atoms with Gasteiger partial charge < -0.3 is 14.4 Å². The summed E-state index contributed by atoms with van der Waals surface area (Å²) in [6.07, 6.45) is 3.45. The quantitative estimate of drug-likeness (QED) is 0.597. The largest absolute Gasteiger partial charge is 0.356 e. The van der Waals surface area contributed by atoms with Gasteiger partial charge in [0.15, 0.2) is 5.82 Å². The lowest BCUT2D eigenvalue weighted by Gasteiger charge is -2.08. The van der Waals surface area contributed by atoms with Crippen LogP contribution in [0.25, 0.3) is 11.0 Å². The second kappa shape index (κ2) is 8.60. The summed E-state index contributed by atoms with van der Waals surface area (Å²) in [6, 6.07) is 8.12. The van der Waals surface area contributed by atoms with Gasteiger partial charge in [0.05, 0.1) is 11.0 Å². The summed E-state index contributed by atoms with van der Waals surface area (Å²) in [5.41, 5.74) is 2.16. The van der Waals surface area contributed by atoms with Crippen LogP contribution in [0.1, 0.15) is 43.7 Å². The van der Waals surface area contributed by atoms with Crippen molar-refractivity contribution >= 4 is 16.9 Å². The van der Waals surface area contributed by atoms with Gasteiger partial charge in [-0.25, -0.2) is 4.98 Å². The zero-order valence-corrected chi connectivity index (χ0v) is 15.4. The van der Waals surface area contributed by atoms with Gasteiger partial charge in [-0.15, -0.1) is 0 Å². The van der Waals surface area contributed by atoms with Gasteiger partial charge in [-0.1, -0.05) is 24.2 Å². The summed E-state index contributed by atoms with van der Waals surface area (Å²) in [5.74, 6) is 2.39. The van der Waals surface area contributed by atoms with Crippen LogP contribution >= 0.6 is 0 Å². The summed E-state index contributed by atoms with van der Waals surface area (Å²) in [4.78, 5) is 20.7. The molecule has 0 saturated carbocycles. The number of benzene rings is 1. The molecule has 0 fully saturated rings. The topological polar surface area (TPSA) is 85.8 Å². The van der Waals surface area contributed by atoms with Gasteiger partial charge in [0.2, 0.25) is 11.8 Å². The molecule has 0 aliphatic heterocycles. The van der Waals surface area contributed by atoms with Gasteiger partial charge in [-0.05, 0) is 31.9 Å². The molecule has 1 amide bonds. The van der Waals surface area contributed by atoms with Crippen LogP contribution in [0.3, 0.4) is 0 Å². The molecule has 3 rings (SSSR count). The second-order valence-electron chi connectivity index (χ2n) is 6.31. The highest BCUT2D eigenvalue weighted by Crippen LogP contribution is 2.15. The van der Waals surface area contributed by atoms with Crippen LogP contribution in [-0.2, 0) is 24.2 Å². The third-order valence-electron chi connectivity index (χ3n) is 4.35. The van der Waals surface area contributed by atoms with Crippen molar-refractivity contribution in [3.05, 3.63) is 41.8 Å². The number of carbonyl (C=O) groups is 1. The van der Waals surface area contributed by atoms with Crippen LogP contribution in [0.5, 0.6) is 0 Å². The number of carbonyl (C=O) groups excluding carboxylic acids is 1. The Bertz CT molecular complexity index is 868. The van der Waals surface area contributed by atoms with Crippen LogP contribution in [0, 0.1) is 6.92 Å². The molecular formula is C19H25N5O2. The first kappa shape index (κ1) is 18.1. The second-order valence-corrected chi connectivity index (χ2v) is 6.31. The van der Waals surface area contributed by atoms with Crippen molar-refractivity contribution in [1.29, 1.82) is 0 Å². The highest BCUT2D eigenvalue weighted by Gasteiger charge is 2.08. The third kappa shape index (κ3) is 4.47. The Morgan fingerprint density at radius 3 is 2.88 bits per heavy atom. The molecule has 0 bridgehead atoms. The number of para-hydroxylation sites is 2. The van der Waals surface area contributed by atoms with Gasteiger partial charge in [0, 0.05) is 32.4 Å². The minimum absolute atomic E-state index is 0.0624. The Morgan fingerprint density at radius 2 is 2.08 bits per heavy atom. The molecule has 0 spiro atoms. The average Bonchev–Trinajstić information content (AvgIpc) is 3.22. The fraction of sp³-hybridized carbons (Fsp3) is 0.474. The van der Waals surface area contributed by atoms with E-state index in [-0.39, 0.29) is 5.91 Å². The molecule has 2 heterocycles. The molecule has 1 aromatic carbocycles. The summed E-state index contributed by atoms with van der Waals surface area (Å²) < 4.78 is 7.32. The van der Waals surface area contributed by atoms with E-state index in [1.165, 1.54) is 0 Å². The number of aryl methyl sites for hydroxylation is 4. The molecule has 0 atom stereocenters. The zero-order chi connectivity index (χ0) is 18.4. The molecular weight excluding hydrogens is 330 g/mol. The van der Waals surface area contributed by atoms with E-state index >= 15 is 0 Å². The number of hydrogen-bond donors (Lipinski definition) is 1. The molecule has 3 aromatic rings. The lowest BCUT2D eigenvalue weighted by Crippen LogP contribution is -2.25. The van der Waals surface area contributed by atoms with Crippen molar-refractivity contribution in [3.63, 3.8) is 0 Å². The molecule has 0 aliphatic rings. The highest BCUT2D eigenvalue weighted by molar-refractivity contribution is 5.76. The van der Waals surface area contributed by atoms with E-state index in [1.54, 1.807) is 0 Å². The standard InChI is InChI=1S/C19H25N5O2/c1-3-17-22-19(26-23-17)11-6-10-18(25)20-12-7-13-24-14(2)21-15-8-4-5-9-16(15)24/h4-5,8-9H,3,6-7,10-13H2,1-2H3,(H,20,25). The van der Waals surface area contributed by atoms with Crippen LogP contribution in [0.2, 0.25) is 0 Å². The van der Waals surface area contributed by atoms with Crippen LogP contribution < -0.4 is 5.32 Å². The van der Waals surface area contributed by atoms with E-state index in [0.717, 1.165) is 36.2 Å². The number of imidazole rings is 1. The first-order valence-electron chi connectivity index (χ1n) is 9.17. The molecule has 1 N–H and O–H groups in total. The molecule has 7 heteroatoms. The number of hydrogen-bond acceptors (Lipinski definition) is 5. The molecule has 0 saturated heterocycles. The monoisotopic (exact) mass is 355 g/mol. The van der Waals surface area contributed by atoms with Crippen LogP contribution in [0.15, 0.2) is 28.8 Å². The van der Waals surface area contributed by atoms with Crippen molar-refractivity contribution in [2.75, 3.05) is 6.54 Å². The van der Waals surface area contributed by atoms with E-state index in [0.29, 0.717) is 37.5 Å². The van der Waals surface area contributed by atoms with E-state index in [4.69, 9.17) is 4.52 Å². The summed E-state index contributed by atoms with van der Waals surface area (Å²) in [5, 5.41) is 6.83. The van der Waals surface area contributed by atoms with Crippen molar-refractivity contribution in [3.8, 4) is 0 Å². The van der Waals surface area contributed by atoms with E-state index in [1.807, 2.05) is 32.0 Å². The Balaban J connectivity index is 1.36. The third-order valence-corrected chi connectivity index (χ3v) is 4.35. The minimum atomic E-state index is 0.0624. The summed E-state index contributed by atoms with van der Waals surface area (Å²) >= 11 is 0. The summed E-state index contributed by atoms with van der Waals surface area (Å²) in [7, 11) is 0. The molecule has 138 valence electrons. The highest BCUT2D eigenvalue weighted by atomic mass is 16.5. The van der Waals surface area contributed by atoms with Gasteiger partial charge in [-0.2, -0.15) is 4.98 Å². The van der Waals surface area contributed by atoms with Crippen molar-refractivity contribution in [2.45, 2.75) is 52.5 Å². The smallest absolute Gasteiger partial charge is 0.226 e. The fourth-order valence-corrected chi connectivity index (χ4v) is 2.97. The first-order valence-corrected chi connectivity index (χ1v) is 9.17. The number of nitrogens with zero attached hydrogens (tertiary/aromatic N) is 4. The van der Waals surface area contributed by atoms with Gasteiger partial charge >= 0.3 is 0 Å². The van der Waals surface area contributed by atoms with Gasteiger partial charge in [0.1, 0.15) is 5.82 Å². The first-order chi connectivity index (χ1) is 12.7. The summed E-state index contributed by atoms with van der Waals surface area (Å²) in [6.45, 7) is 5.50. The number of amides is 1. The molecule has 7 nitrogen and oxygen atoms in total. The predicted octanol–water partition coefficient (Wildman–Crippen LogP) is 2.82. The lowest BCUT2D eigenvalue weighted by molar-refractivity contribution is -0.121. The Morgan fingerprint density at radius 1 is 1.23 bits per heavy atom. The SMILES string of the molecule is CCc1noc(CCCC(=O)NCCCn2c(C)nc3ccccc32)n1. The number of aromatic nitrogens is 4. The lowest BCUT2D eigenvalue weighted by atomic mass is 10.2. The maximum Gasteiger partial charge on any atom is 0.226 e. The average molecular weight is 355 g/mol. The van der Waals surface area contributed by atoms with Gasteiger partial charge in [-0.3, -0.25) is 4.79 Å². The molecule has 0 unspecified atom stereocenters. The fourth-order valence-electron chi connectivity index (χ4n) is 2.97. The van der Waals surface area contributed by atoms with E-state index in [2.05, 4.69) is 31.1 Å². The predicted molar refractivity (Wildman–Crippen MR) is 98.7 cm³/mol. The Labute approximate surface area is 152 Å². The Hall–Kier alpha value is -2.70. The van der Waals surface area contributed by atoms with Crippen molar-refractivity contribution < 1.29 is 9.32 Å². The molecule has 0 radical (unpaired) electrons. The van der Waals surface area contributed by atoms with E-state index in [9.17, 15) is 4.79 Å². The normalized spacial score (nSPS) is 11.2. The molecule has 2 aromatic heterocycles. The number of nitrogens with one attached hydrogen (secondary N) is 1. The van der Waals surface area contributed by atoms with Gasteiger partial charge in [0.25, 0.3) is 0 Å². The van der Waals surface area contributed by atoms with Crippen LogP contribution in [-0.4, -0.2) is 32.1 Å².